The van der Waals surface area contributed by atoms with Crippen LogP contribution in [0.3, 0.4) is 0 Å². The van der Waals surface area contributed by atoms with Crippen molar-refractivity contribution < 1.29 is 23.5 Å². The third kappa shape index (κ3) is 4.85. The molecule has 1 aliphatic carbocycles. The maximum absolute atomic E-state index is 13.3. The highest BCUT2D eigenvalue weighted by atomic mass is 16.5. The first-order chi connectivity index (χ1) is 16.6. The topological polar surface area (TPSA) is 97.6 Å². The molecule has 182 valence electrons. The van der Waals surface area contributed by atoms with Gasteiger partial charge < -0.3 is 19.8 Å². The zero-order valence-electron chi connectivity index (χ0n) is 20.6. The van der Waals surface area contributed by atoms with E-state index >= 15 is 0 Å². The summed E-state index contributed by atoms with van der Waals surface area (Å²) < 4.78 is 10.8. The summed E-state index contributed by atoms with van der Waals surface area (Å²) >= 11 is 0. The van der Waals surface area contributed by atoms with Crippen LogP contribution >= 0.6 is 0 Å². The van der Waals surface area contributed by atoms with E-state index < -0.39 is 11.9 Å². The molecule has 0 radical (unpaired) electrons. The minimum atomic E-state index is -0.503. The number of carbonyl (C=O) groups is 3. The van der Waals surface area contributed by atoms with Gasteiger partial charge in [0.1, 0.15) is 11.3 Å². The summed E-state index contributed by atoms with van der Waals surface area (Å²) in [7, 11) is 0. The molecule has 2 unspecified atom stereocenters. The van der Waals surface area contributed by atoms with Gasteiger partial charge in [-0.1, -0.05) is 37.6 Å². The van der Waals surface area contributed by atoms with Gasteiger partial charge in [0.15, 0.2) is 0 Å². The number of ether oxygens (including phenoxy) is 1. The van der Waals surface area contributed by atoms with Gasteiger partial charge >= 0.3 is 5.97 Å². The zero-order valence-corrected chi connectivity index (χ0v) is 20.6. The average molecular weight is 475 g/mol. The second kappa shape index (κ2) is 9.41. The number of furan rings is 1. The Labute approximate surface area is 204 Å². The summed E-state index contributed by atoms with van der Waals surface area (Å²) in [5.74, 6) is -1.11. The van der Waals surface area contributed by atoms with E-state index in [1.54, 1.807) is 37.3 Å². The number of nitrogens with one attached hydrogen (secondary N) is 2. The lowest BCUT2D eigenvalue weighted by molar-refractivity contribution is -0.118. The molecular weight excluding hydrogens is 444 g/mol. The van der Waals surface area contributed by atoms with E-state index in [1.807, 2.05) is 32.0 Å². The molecule has 0 bridgehead atoms. The summed E-state index contributed by atoms with van der Waals surface area (Å²) in [6.07, 6.45) is 2.13. The SMILES string of the molecule is CCOC(=O)c1ccc(NC(=O)c2oc3ccccc3c2NC(=O)C2C(C=C(C)C)C2(C)C)cc1. The van der Waals surface area contributed by atoms with Crippen molar-refractivity contribution in [2.45, 2.75) is 34.6 Å². The van der Waals surface area contributed by atoms with Gasteiger partial charge in [-0.05, 0) is 68.5 Å². The number of amides is 2. The van der Waals surface area contributed by atoms with Gasteiger partial charge in [-0.2, -0.15) is 0 Å². The first-order valence-electron chi connectivity index (χ1n) is 11.7. The van der Waals surface area contributed by atoms with E-state index in [9.17, 15) is 14.4 Å². The van der Waals surface area contributed by atoms with Gasteiger partial charge in [0.05, 0.1) is 18.1 Å². The molecule has 1 fully saturated rings. The zero-order chi connectivity index (χ0) is 25.3. The summed E-state index contributed by atoms with van der Waals surface area (Å²) in [6, 6.07) is 13.6. The van der Waals surface area contributed by atoms with Gasteiger partial charge in [-0.15, -0.1) is 0 Å². The number of rotatable bonds is 7. The molecule has 1 saturated carbocycles. The summed E-state index contributed by atoms with van der Waals surface area (Å²) in [5.41, 5.74) is 2.73. The van der Waals surface area contributed by atoms with E-state index in [-0.39, 0.29) is 35.5 Å². The van der Waals surface area contributed by atoms with Crippen LogP contribution in [0.15, 0.2) is 64.6 Å². The maximum Gasteiger partial charge on any atom is 0.338 e. The minimum Gasteiger partial charge on any atom is -0.462 e. The Morgan fingerprint density at radius 3 is 2.37 bits per heavy atom. The lowest BCUT2D eigenvalue weighted by Gasteiger charge is -2.09. The maximum atomic E-state index is 13.3. The summed E-state index contributed by atoms with van der Waals surface area (Å²) in [4.78, 5) is 38.3. The standard InChI is InChI=1S/C28H30N2O5/c1-6-34-27(33)17-11-13-18(14-12-17)29-26(32)24-23(19-9-7-8-10-21(19)35-24)30-25(31)22-20(15-16(2)3)28(22,4)5/h7-15,20,22H,6H2,1-5H3,(H,29,32)(H,30,31). The number of para-hydroxylation sites is 1. The molecule has 2 aromatic carbocycles. The molecule has 3 aromatic rings. The third-order valence-electron chi connectivity index (χ3n) is 6.41. The van der Waals surface area contributed by atoms with Crippen molar-refractivity contribution in [2.75, 3.05) is 17.2 Å². The number of esters is 1. The Morgan fingerprint density at radius 1 is 1.03 bits per heavy atom. The van der Waals surface area contributed by atoms with Gasteiger partial charge in [0, 0.05) is 11.1 Å². The molecule has 2 N–H and O–H groups in total. The van der Waals surface area contributed by atoms with E-state index in [4.69, 9.17) is 9.15 Å². The van der Waals surface area contributed by atoms with Crippen molar-refractivity contribution in [3.05, 3.63) is 71.5 Å². The molecule has 2 atom stereocenters. The van der Waals surface area contributed by atoms with Crippen LogP contribution in [0.1, 0.15) is 55.5 Å². The molecule has 4 rings (SSSR count). The Hall–Kier alpha value is -3.87. The van der Waals surface area contributed by atoms with E-state index in [0.717, 1.165) is 0 Å². The van der Waals surface area contributed by atoms with Crippen molar-refractivity contribution in [3.8, 4) is 0 Å². The number of anilines is 2. The third-order valence-corrected chi connectivity index (χ3v) is 6.41. The molecule has 1 aliphatic rings. The predicted molar refractivity (Wildman–Crippen MR) is 135 cm³/mol. The fraction of sp³-hybridized carbons (Fsp3) is 0.321. The Kier molecular flexibility index (Phi) is 6.52. The minimum absolute atomic E-state index is 0.0197. The van der Waals surface area contributed by atoms with Gasteiger partial charge in [-0.3, -0.25) is 9.59 Å². The predicted octanol–water partition coefficient (Wildman–Crippen LogP) is 6.04. The number of hydrogen-bond acceptors (Lipinski definition) is 5. The normalized spacial score (nSPS) is 18.0. The number of hydrogen-bond donors (Lipinski definition) is 2. The second-order valence-corrected chi connectivity index (χ2v) is 9.61. The Bertz CT molecular complexity index is 1310. The van der Waals surface area contributed by atoms with E-state index in [2.05, 4.69) is 30.6 Å². The lowest BCUT2D eigenvalue weighted by Crippen LogP contribution is -2.20. The monoisotopic (exact) mass is 474 g/mol. The highest BCUT2D eigenvalue weighted by molar-refractivity contribution is 6.15. The molecular formula is C28H30N2O5. The first-order valence-corrected chi connectivity index (χ1v) is 11.7. The summed E-state index contributed by atoms with van der Waals surface area (Å²) in [6.45, 7) is 10.2. The van der Waals surface area contributed by atoms with Crippen molar-refractivity contribution >= 4 is 40.1 Å². The quantitative estimate of drug-likeness (QED) is 0.321. The van der Waals surface area contributed by atoms with E-state index in [0.29, 0.717) is 27.9 Å². The van der Waals surface area contributed by atoms with Gasteiger partial charge in [0.2, 0.25) is 11.7 Å². The number of carbonyl (C=O) groups excluding carboxylic acids is 3. The van der Waals surface area contributed by atoms with Crippen LogP contribution in [0.2, 0.25) is 0 Å². The van der Waals surface area contributed by atoms with Crippen LogP contribution in [-0.4, -0.2) is 24.4 Å². The highest BCUT2D eigenvalue weighted by Crippen LogP contribution is 2.59. The summed E-state index contributed by atoms with van der Waals surface area (Å²) in [5, 5.41) is 6.41. The van der Waals surface area contributed by atoms with Crippen LogP contribution in [0.4, 0.5) is 11.4 Å². The highest BCUT2D eigenvalue weighted by Gasteiger charge is 2.60. The number of fused-ring (bicyclic) bond motifs is 1. The van der Waals surface area contributed by atoms with Crippen LogP contribution < -0.4 is 10.6 Å². The number of benzene rings is 2. The fourth-order valence-electron chi connectivity index (χ4n) is 4.47. The van der Waals surface area contributed by atoms with Crippen molar-refractivity contribution in [1.29, 1.82) is 0 Å². The molecule has 7 nitrogen and oxygen atoms in total. The molecule has 35 heavy (non-hydrogen) atoms. The first kappa shape index (κ1) is 24.3. The second-order valence-electron chi connectivity index (χ2n) is 9.61. The van der Waals surface area contributed by atoms with Gasteiger partial charge in [-0.25, -0.2) is 4.79 Å². The largest absolute Gasteiger partial charge is 0.462 e. The van der Waals surface area contributed by atoms with Crippen molar-refractivity contribution in [3.63, 3.8) is 0 Å². The van der Waals surface area contributed by atoms with Crippen molar-refractivity contribution in [1.82, 2.24) is 0 Å². The Balaban J connectivity index is 1.58. The molecule has 0 aliphatic heterocycles. The lowest BCUT2D eigenvalue weighted by atomic mass is 10.1. The Morgan fingerprint density at radius 2 is 1.71 bits per heavy atom. The smallest absolute Gasteiger partial charge is 0.338 e. The molecule has 7 heteroatoms. The van der Waals surface area contributed by atoms with E-state index in [1.165, 1.54) is 5.57 Å². The molecule has 0 saturated heterocycles. The molecule has 1 aromatic heterocycles. The molecule has 1 heterocycles. The van der Waals surface area contributed by atoms with Crippen LogP contribution in [-0.2, 0) is 9.53 Å². The van der Waals surface area contributed by atoms with Crippen LogP contribution in [0, 0.1) is 17.3 Å². The molecule has 2 amide bonds. The average Bonchev–Trinajstić information content (AvgIpc) is 3.16. The van der Waals surface area contributed by atoms with Crippen molar-refractivity contribution in [2.24, 2.45) is 17.3 Å². The number of allylic oxidation sites excluding steroid dienone is 2. The molecule has 0 spiro atoms. The van der Waals surface area contributed by atoms with Crippen LogP contribution in [0.5, 0.6) is 0 Å². The van der Waals surface area contributed by atoms with Gasteiger partial charge in [0.25, 0.3) is 5.91 Å². The fourth-order valence-corrected chi connectivity index (χ4v) is 4.47. The van der Waals surface area contributed by atoms with Crippen LogP contribution in [0.25, 0.3) is 11.0 Å².